The molecule has 1 saturated heterocycles. The lowest BCUT2D eigenvalue weighted by atomic mass is 9.98. The molecule has 0 radical (unpaired) electrons. The van der Waals surface area contributed by atoms with Crippen LogP contribution in [0.5, 0.6) is 0 Å². The zero-order chi connectivity index (χ0) is 11.3. The van der Waals surface area contributed by atoms with E-state index in [4.69, 9.17) is 4.84 Å². The van der Waals surface area contributed by atoms with Crippen molar-refractivity contribution in [2.75, 3.05) is 13.1 Å². The lowest BCUT2D eigenvalue weighted by Crippen LogP contribution is -2.28. The third kappa shape index (κ3) is 4.42. The van der Waals surface area contributed by atoms with Gasteiger partial charge in [0.25, 0.3) is 0 Å². The van der Waals surface area contributed by atoms with Gasteiger partial charge < -0.3 is 10.2 Å². The Morgan fingerprint density at radius 1 is 1.40 bits per heavy atom. The van der Waals surface area contributed by atoms with Crippen LogP contribution in [-0.4, -0.2) is 25.3 Å². The first-order valence-electron chi connectivity index (χ1n) is 5.46. The van der Waals surface area contributed by atoms with Gasteiger partial charge in [0.1, 0.15) is 0 Å². The molecule has 0 saturated carbocycles. The monoisotopic (exact) mass is 212 g/mol. The first-order chi connectivity index (χ1) is 7.00. The molecule has 0 spiro atoms. The molecule has 4 nitrogen and oxygen atoms in total. The third-order valence-corrected chi connectivity index (χ3v) is 2.40. The number of nitrogens with one attached hydrogen (secondary N) is 1. The fraction of sp³-hybridized carbons (Fsp3) is 0.818. The van der Waals surface area contributed by atoms with Gasteiger partial charge >= 0.3 is 5.97 Å². The number of hydrogen-bond acceptors (Lipinski definition) is 4. The molecule has 1 heterocycles. The molecule has 0 aromatic carbocycles. The van der Waals surface area contributed by atoms with E-state index in [-0.39, 0.29) is 5.97 Å². The van der Waals surface area contributed by atoms with Gasteiger partial charge in [0.15, 0.2) is 0 Å². The molecule has 0 aromatic heterocycles. The Hall–Kier alpha value is -0.900. The van der Waals surface area contributed by atoms with Crippen molar-refractivity contribution in [2.24, 2.45) is 16.5 Å². The molecule has 1 fully saturated rings. The molecule has 0 bridgehead atoms. The van der Waals surface area contributed by atoms with Crippen molar-refractivity contribution in [3.8, 4) is 0 Å². The molecule has 0 aromatic rings. The van der Waals surface area contributed by atoms with Gasteiger partial charge in [-0.05, 0) is 52.6 Å². The van der Waals surface area contributed by atoms with Gasteiger partial charge in [-0.25, -0.2) is 4.79 Å². The van der Waals surface area contributed by atoms with Gasteiger partial charge in [0.2, 0.25) is 0 Å². The van der Waals surface area contributed by atoms with E-state index >= 15 is 0 Å². The first-order valence-corrected chi connectivity index (χ1v) is 5.46. The SMILES string of the molecule is CC(C)(C)C(=O)ON=CC1CCNCC1. The highest BCUT2D eigenvalue weighted by Crippen LogP contribution is 2.15. The van der Waals surface area contributed by atoms with Gasteiger partial charge in [0, 0.05) is 6.21 Å². The Labute approximate surface area is 91.1 Å². The highest BCUT2D eigenvalue weighted by Gasteiger charge is 2.23. The maximum Gasteiger partial charge on any atom is 0.340 e. The number of carbonyl (C=O) groups excluding carboxylic acids is 1. The van der Waals surface area contributed by atoms with Crippen LogP contribution in [0.25, 0.3) is 0 Å². The van der Waals surface area contributed by atoms with E-state index in [1.54, 1.807) is 6.21 Å². The summed E-state index contributed by atoms with van der Waals surface area (Å²) in [5.74, 6) is 0.159. The summed E-state index contributed by atoms with van der Waals surface area (Å²) in [5, 5.41) is 7.03. The fourth-order valence-electron chi connectivity index (χ4n) is 1.29. The predicted molar refractivity (Wildman–Crippen MR) is 59.6 cm³/mol. The van der Waals surface area contributed by atoms with Crippen molar-refractivity contribution in [3.05, 3.63) is 0 Å². The van der Waals surface area contributed by atoms with Crippen LogP contribution >= 0.6 is 0 Å². The largest absolute Gasteiger partial charge is 0.340 e. The van der Waals surface area contributed by atoms with Crippen LogP contribution in [0.2, 0.25) is 0 Å². The van der Waals surface area contributed by atoms with Crippen LogP contribution in [0.3, 0.4) is 0 Å². The molecular weight excluding hydrogens is 192 g/mol. The van der Waals surface area contributed by atoms with Crippen LogP contribution < -0.4 is 5.32 Å². The molecule has 0 aliphatic carbocycles. The Kier molecular flexibility index (Phi) is 4.27. The lowest BCUT2D eigenvalue weighted by Gasteiger charge is -2.18. The van der Waals surface area contributed by atoms with Crippen LogP contribution in [0, 0.1) is 11.3 Å². The molecule has 0 unspecified atom stereocenters. The molecule has 0 amide bonds. The summed E-state index contributed by atoms with van der Waals surface area (Å²) in [5.41, 5.74) is -0.481. The molecule has 1 N–H and O–H groups in total. The van der Waals surface area contributed by atoms with Gasteiger partial charge in [-0.1, -0.05) is 5.16 Å². The summed E-state index contributed by atoms with van der Waals surface area (Å²) in [4.78, 5) is 16.2. The molecule has 1 aliphatic rings. The van der Waals surface area contributed by atoms with E-state index in [1.165, 1.54) is 0 Å². The van der Waals surface area contributed by atoms with Gasteiger partial charge in [0.05, 0.1) is 5.41 Å². The minimum Gasteiger partial charge on any atom is -0.318 e. The minimum absolute atomic E-state index is 0.285. The van der Waals surface area contributed by atoms with Crippen molar-refractivity contribution >= 4 is 12.2 Å². The second-order valence-corrected chi connectivity index (χ2v) is 4.97. The Balaban J connectivity index is 2.29. The number of carbonyl (C=O) groups is 1. The fourth-order valence-corrected chi connectivity index (χ4v) is 1.29. The average Bonchev–Trinajstić information content (AvgIpc) is 2.18. The van der Waals surface area contributed by atoms with Crippen LogP contribution in [-0.2, 0) is 9.63 Å². The van der Waals surface area contributed by atoms with E-state index in [0.29, 0.717) is 5.92 Å². The molecule has 0 atom stereocenters. The van der Waals surface area contributed by atoms with E-state index < -0.39 is 5.41 Å². The third-order valence-electron chi connectivity index (χ3n) is 2.40. The maximum absolute atomic E-state index is 11.4. The normalized spacial score (nSPS) is 19.4. The molecule has 4 heteroatoms. The number of piperidine rings is 1. The highest BCUT2D eigenvalue weighted by atomic mass is 16.7. The summed E-state index contributed by atoms with van der Waals surface area (Å²) in [6.07, 6.45) is 3.89. The van der Waals surface area contributed by atoms with E-state index in [0.717, 1.165) is 25.9 Å². The van der Waals surface area contributed by atoms with Crippen molar-refractivity contribution < 1.29 is 9.63 Å². The predicted octanol–water partition coefficient (Wildman–Crippen LogP) is 1.56. The topological polar surface area (TPSA) is 50.7 Å². The number of oxime groups is 1. The maximum atomic E-state index is 11.4. The molecule has 1 aliphatic heterocycles. The quantitative estimate of drug-likeness (QED) is 0.429. The smallest absolute Gasteiger partial charge is 0.318 e. The zero-order valence-corrected chi connectivity index (χ0v) is 9.75. The van der Waals surface area contributed by atoms with Gasteiger partial charge in [-0.15, -0.1) is 0 Å². The molecule has 15 heavy (non-hydrogen) atoms. The van der Waals surface area contributed by atoms with Gasteiger partial charge in [-0.2, -0.15) is 0 Å². The van der Waals surface area contributed by atoms with Crippen LogP contribution in [0.15, 0.2) is 5.16 Å². The second kappa shape index (κ2) is 5.26. The summed E-state index contributed by atoms with van der Waals surface area (Å²) in [6, 6.07) is 0. The van der Waals surface area contributed by atoms with Gasteiger partial charge in [-0.3, -0.25) is 0 Å². The molecule has 86 valence electrons. The number of rotatable bonds is 2. The van der Waals surface area contributed by atoms with Crippen molar-refractivity contribution in [1.82, 2.24) is 5.32 Å². The summed E-state index contributed by atoms with van der Waals surface area (Å²) < 4.78 is 0. The molecule has 1 rings (SSSR count). The lowest BCUT2D eigenvalue weighted by molar-refractivity contribution is -0.152. The van der Waals surface area contributed by atoms with Crippen LogP contribution in [0.4, 0.5) is 0 Å². The molecular formula is C11H20N2O2. The Morgan fingerprint density at radius 2 is 2.00 bits per heavy atom. The summed E-state index contributed by atoms with van der Waals surface area (Å²) in [7, 11) is 0. The number of nitrogens with zero attached hydrogens (tertiary/aromatic N) is 1. The van der Waals surface area contributed by atoms with E-state index in [9.17, 15) is 4.79 Å². The van der Waals surface area contributed by atoms with E-state index in [2.05, 4.69) is 10.5 Å². The summed E-state index contributed by atoms with van der Waals surface area (Å²) >= 11 is 0. The highest BCUT2D eigenvalue weighted by molar-refractivity contribution is 5.76. The Bertz CT molecular complexity index is 237. The zero-order valence-electron chi connectivity index (χ0n) is 9.75. The second-order valence-electron chi connectivity index (χ2n) is 4.97. The standard InChI is InChI=1S/C11H20N2O2/c1-11(2,3)10(14)15-13-8-9-4-6-12-7-5-9/h8-9,12H,4-7H2,1-3H3. The number of hydrogen-bond donors (Lipinski definition) is 1. The van der Waals surface area contributed by atoms with Crippen molar-refractivity contribution in [2.45, 2.75) is 33.6 Å². The average molecular weight is 212 g/mol. The Morgan fingerprint density at radius 3 is 2.53 bits per heavy atom. The van der Waals surface area contributed by atoms with E-state index in [1.807, 2.05) is 20.8 Å². The summed E-state index contributed by atoms with van der Waals surface area (Å²) in [6.45, 7) is 7.48. The van der Waals surface area contributed by atoms with Crippen molar-refractivity contribution in [1.29, 1.82) is 0 Å². The van der Waals surface area contributed by atoms with Crippen molar-refractivity contribution in [3.63, 3.8) is 0 Å². The van der Waals surface area contributed by atoms with Crippen LogP contribution in [0.1, 0.15) is 33.6 Å². The minimum atomic E-state index is -0.481. The first kappa shape index (κ1) is 12.2.